The highest BCUT2D eigenvalue weighted by Gasteiger charge is 2.28. The lowest BCUT2D eigenvalue weighted by molar-refractivity contribution is -0.120. The molecule has 0 spiro atoms. The maximum Gasteiger partial charge on any atom is 0.335 e. The van der Waals surface area contributed by atoms with E-state index in [4.69, 9.17) is 0 Å². The summed E-state index contributed by atoms with van der Waals surface area (Å²) in [6, 6.07) is 31.6. The summed E-state index contributed by atoms with van der Waals surface area (Å²) in [4.78, 5) is 25.4. The van der Waals surface area contributed by atoms with Crippen molar-refractivity contribution >= 4 is 43.4 Å². The van der Waals surface area contributed by atoms with E-state index >= 15 is 0 Å². The van der Waals surface area contributed by atoms with Crippen LogP contribution in [0.15, 0.2) is 114 Å². The van der Waals surface area contributed by atoms with Gasteiger partial charge in [0.2, 0.25) is 5.91 Å². The minimum Gasteiger partial charge on any atom is -0.478 e. The van der Waals surface area contributed by atoms with Crippen molar-refractivity contribution < 1.29 is 23.1 Å². The van der Waals surface area contributed by atoms with Gasteiger partial charge in [0.1, 0.15) is 0 Å². The average Bonchev–Trinajstić information content (AvgIpc) is 2.91. The van der Waals surface area contributed by atoms with Crippen LogP contribution >= 0.6 is 0 Å². The molecule has 1 atom stereocenters. The smallest absolute Gasteiger partial charge is 0.335 e. The summed E-state index contributed by atoms with van der Waals surface area (Å²) in [5.41, 5.74) is 1.09. The van der Waals surface area contributed by atoms with Crippen molar-refractivity contribution in [3.05, 3.63) is 126 Å². The fraction of sp³-hybridized carbons (Fsp3) is 0.0667. The monoisotopic (exact) mass is 509 g/mol. The van der Waals surface area contributed by atoms with Crippen LogP contribution in [0, 0.1) is 0 Å². The van der Waals surface area contributed by atoms with Crippen LogP contribution in [0.1, 0.15) is 27.4 Å². The standard InChI is InChI=1S/C30H23NO5S/c32-29(31-37(35,36)26-16-15-21-8-2-4-10-23(21)18-26)28(19-24-11-5-6-12-27(24)30(33)34)25-14-13-20-7-1-3-9-22(20)17-25/h1-18,28H,19H2,(H,31,32)(H,33,34). The van der Waals surface area contributed by atoms with E-state index < -0.39 is 27.8 Å². The van der Waals surface area contributed by atoms with Crippen LogP contribution in [-0.2, 0) is 21.2 Å². The Kier molecular flexibility index (Phi) is 6.46. The lowest BCUT2D eigenvalue weighted by Crippen LogP contribution is -2.35. The second-order valence-electron chi connectivity index (χ2n) is 8.80. The van der Waals surface area contributed by atoms with Crippen LogP contribution in [0.3, 0.4) is 0 Å². The summed E-state index contributed by atoms with van der Waals surface area (Å²) in [5.74, 6) is -2.79. The van der Waals surface area contributed by atoms with Crippen LogP contribution in [0.2, 0.25) is 0 Å². The van der Waals surface area contributed by atoms with Crippen molar-refractivity contribution in [3.8, 4) is 0 Å². The minimum atomic E-state index is -4.18. The normalized spacial score (nSPS) is 12.3. The Hall–Kier alpha value is -4.49. The topological polar surface area (TPSA) is 101 Å². The molecule has 5 aromatic carbocycles. The molecule has 0 aliphatic rings. The second kappa shape index (κ2) is 9.87. The Bertz CT molecular complexity index is 1760. The van der Waals surface area contributed by atoms with Gasteiger partial charge in [-0.25, -0.2) is 17.9 Å². The number of benzene rings is 5. The molecule has 37 heavy (non-hydrogen) atoms. The lowest BCUT2D eigenvalue weighted by Gasteiger charge is -2.19. The molecule has 0 bridgehead atoms. The molecule has 1 amide bonds. The zero-order valence-corrected chi connectivity index (χ0v) is 20.5. The third kappa shape index (κ3) is 5.08. The van der Waals surface area contributed by atoms with Crippen molar-refractivity contribution in [2.45, 2.75) is 17.2 Å². The molecule has 2 N–H and O–H groups in total. The zero-order valence-electron chi connectivity index (χ0n) is 19.7. The van der Waals surface area contributed by atoms with Gasteiger partial charge in [0.15, 0.2) is 0 Å². The Balaban J connectivity index is 1.53. The Morgan fingerprint density at radius 2 is 1.27 bits per heavy atom. The molecular formula is C30H23NO5S. The maximum atomic E-state index is 13.6. The average molecular weight is 510 g/mol. The second-order valence-corrected chi connectivity index (χ2v) is 10.5. The van der Waals surface area contributed by atoms with E-state index in [1.54, 1.807) is 36.4 Å². The molecule has 0 aromatic heterocycles. The molecule has 184 valence electrons. The number of sulfonamides is 1. The van der Waals surface area contributed by atoms with Gasteiger partial charge < -0.3 is 5.11 Å². The molecule has 0 radical (unpaired) electrons. The molecule has 6 nitrogen and oxygen atoms in total. The molecule has 0 heterocycles. The first-order chi connectivity index (χ1) is 17.8. The van der Waals surface area contributed by atoms with Gasteiger partial charge in [-0.05, 0) is 57.3 Å². The Labute approximate surface area is 214 Å². The van der Waals surface area contributed by atoms with E-state index in [2.05, 4.69) is 4.72 Å². The van der Waals surface area contributed by atoms with Gasteiger partial charge in [0, 0.05) is 0 Å². The highest BCUT2D eigenvalue weighted by Crippen LogP contribution is 2.28. The predicted molar refractivity (Wildman–Crippen MR) is 143 cm³/mol. The summed E-state index contributed by atoms with van der Waals surface area (Å²) >= 11 is 0. The minimum absolute atomic E-state index is 0.0138. The van der Waals surface area contributed by atoms with Crippen molar-refractivity contribution in [3.63, 3.8) is 0 Å². The largest absolute Gasteiger partial charge is 0.478 e. The van der Waals surface area contributed by atoms with Gasteiger partial charge in [0.25, 0.3) is 10.0 Å². The van der Waals surface area contributed by atoms with Gasteiger partial charge in [-0.3, -0.25) is 4.79 Å². The Morgan fingerprint density at radius 1 is 0.703 bits per heavy atom. The van der Waals surface area contributed by atoms with Gasteiger partial charge in [-0.2, -0.15) is 0 Å². The van der Waals surface area contributed by atoms with Crippen LogP contribution < -0.4 is 4.72 Å². The summed E-state index contributed by atoms with van der Waals surface area (Å²) in [5, 5.41) is 13.1. The summed E-state index contributed by atoms with van der Waals surface area (Å²) in [6.45, 7) is 0. The number of rotatable bonds is 7. The number of nitrogens with one attached hydrogen (secondary N) is 1. The molecule has 0 saturated heterocycles. The first-order valence-corrected chi connectivity index (χ1v) is 13.2. The number of carboxylic acids is 1. The van der Waals surface area contributed by atoms with Gasteiger partial charge >= 0.3 is 5.97 Å². The Morgan fingerprint density at radius 3 is 1.95 bits per heavy atom. The molecule has 0 fully saturated rings. The fourth-order valence-corrected chi connectivity index (χ4v) is 5.56. The van der Waals surface area contributed by atoms with E-state index in [1.807, 2.05) is 54.6 Å². The molecule has 5 aromatic rings. The van der Waals surface area contributed by atoms with E-state index in [0.717, 1.165) is 21.5 Å². The third-order valence-electron chi connectivity index (χ3n) is 6.43. The van der Waals surface area contributed by atoms with E-state index in [-0.39, 0.29) is 16.9 Å². The molecule has 0 saturated carbocycles. The van der Waals surface area contributed by atoms with Crippen molar-refractivity contribution in [1.29, 1.82) is 0 Å². The fourth-order valence-electron chi connectivity index (χ4n) is 4.51. The maximum absolute atomic E-state index is 13.6. The number of hydrogen-bond donors (Lipinski definition) is 2. The summed E-state index contributed by atoms with van der Waals surface area (Å²) in [7, 11) is -4.18. The number of carbonyl (C=O) groups excluding carboxylic acids is 1. The number of aromatic carboxylic acids is 1. The SMILES string of the molecule is O=C(O)c1ccccc1CC(C(=O)NS(=O)(=O)c1ccc2ccccc2c1)c1ccc2ccccc2c1. The number of hydrogen-bond acceptors (Lipinski definition) is 4. The highest BCUT2D eigenvalue weighted by molar-refractivity contribution is 7.90. The summed E-state index contributed by atoms with van der Waals surface area (Å²) < 4.78 is 28.7. The molecule has 7 heteroatoms. The van der Waals surface area contributed by atoms with Crippen molar-refractivity contribution in [2.24, 2.45) is 0 Å². The van der Waals surface area contributed by atoms with Crippen LogP contribution in [0.25, 0.3) is 21.5 Å². The molecule has 0 aliphatic heterocycles. The molecule has 0 aliphatic carbocycles. The summed E-state index contributed by atoms with van der Waals surface area (Å²) in [6.07, 6.45) is 0.0138. The lowest BCUT2D eigenvalue weighted by atomic mass is 9.88. The van der Waals surface area contributed by atoms with Crippen LogP contribution in [0.5, 0.6) is 0 Å². The van der Waals surface area contributed by atoms with E-state index in [1.165, 1.54) is 18.2 Å². The molecular weight excluding hydrogens is 486 g/mol. The van der Waals surface area contributed by atoms with Crippen molar-refractivity contribution in [1.82, 2.24) is 4.72 Å². The number of amides is 1. The van der Waals surface area contributed by atoms with E-state index in [9.17, 15) is 23.1 Å². The number of carbonyl (C=O) groups is 2. The van der Waals surface area contributed by atoms with Crippen molar-refractivity contribution in [2.75, 3.05) is 0 Å². The number of carboxylic acid groups (broad SMARTS) is 1. The van der Waals surface area contributed by atoms with Gasteiger partial charge in [-0.1, -0.05) is 91.0 Å². The van der Waals surface area contributed by atoms with Gasteiger partial charge in [-0.15, -0.1) is 0 Å². The van der Waals surface area contributed by atoms with Gasteiger partial charge in [0.05, 0.1) is 16.4 Å². The predicted octanol–water partition coefficient (Wildman–Crippen LogP) is 5.52. The highest BCUT2D eigenvalue weighted by atomic mass is 32.2. The van der Waals surface area contributed by atoms with Crippen LogP contribution in [0.4, 0.5) is 0 Å². The first-order valence-electron chi connectivity index (χ1n) is 11.7. The molecule has 1 unspecified atom stereocenters. The molecule has 5 rings (SSSR count). The quantitative estimate of drug-likeness (QED) is 0.301. The van der Waals surface area contributed by atoms with Crippen LogP contribution in [-0.4, -0.2) is 25.4 Å². The van der Waals surface area contributed by atoms with E-state index in [0.29, 0.717) is 11.1 Å². The first kappa shape index (κ1) is 24.2. The zero-order chi connectivity index (χ0) is 26.0. The number of fused-ring (bicyclic) bond motifs is 2. The third-order valence-corrected chi connectivity index (χ3v) is 7.77.